The third-order valence-electron chi connectivity index (χ3n) is 2.90. The molecule has 6 heteroatoms. The smallest absolute Gasteiger partial charge is 0.229 e. The van der Waals surface area contributed by atoms with Crippen LogP contribution in [0.5, 0.6) is 5.75 Å². The third kappa shape index (κ3) is 4.59. The molecular weight excluding hydrogens is 273 g/mol. The maximum absolute atomic E-state index is 12.7. The number of carbonyl (C=O) groups is 1. The van der Waals surface area contributed by atoms with Crippen molar-refractivity contribution in [2.24, 2.45) is 0 Å². The number of hydrogen-bond donors (Lipinski definition) is 2. The quantitative estimate of drug-likeness (QED) is 0.859. The van der Waals surface area contributed by atoms with Crippen LogP contribution in [0.2, 0.25) is 0 Å². The minimum Gasteiger partial charge on any atom is -0.493 e. The summed E-state index contributed by atoms with van der Waals surface area (Å²) < 4.78 is 18.1. The maximum Gasteiger partial charge on any atom is 0.229 e. The van der Waals surface area contributed by atoms with Crippen molar-refractivity contribution < 1.29 is 13.9 Å². The summed E-state index contributed by atoms with van der Waals surface area (Å²) >= 11 is 0. The molecule has 21 heavy (non-hydrogen) atoms. The van der Waals surface area contributed by atoms with Gasteiger partial charge in [0.05, 0.1) is 13.0 Å². The molecule has 0 aliphatic carbocycles. The molecule has 5 nitrogen and oxygen atoms in total. The normalized spacial score (nSPS) is 10.7. The van der Waals surface area contributed by atoms with E-state index in [1.54, 1.807) is 0 Å². The van der Waals surface area contributed by atoms with Gasteiger partial charge in [0.1, 0.15) is 11.6 Å². The van der Waals surface area contributed by atoms with Gasteiger partial charge in [-0.15, -0.1) is 0 Å². The summed E-state index contributed by atoms with van der Waals surface area (Å²) in [6.45, 7) is 4.30. The van der Waals surface area contributed by atoms with Crippen LogP contribution in [0.1, 0.15) is 31.9 Å². The fraction of sp³-hybridized carbons (Fsp3) is 0.333. The molecule has 1 aromatic heterocycles. The summed E-state index contributed by atoms with van der Waals surface area (Å²) in [7, 11) is 0. The Morgan fingerprint density at radius 2 is 2.10 bits per heavy atom. The van der Waals surface area contributed by atoms with Crippen LogP contribution in [0, 0.1) is 5.82 Å². The Morgan fingerprint density at radius 1 is 1.38 bits per heavy atom. The Bertz CT molecular complexity index is 593. The first-order chi connectivity index (χ1) is 10.0. The molecule has 1 aromatic carbocycles. The van der Waals surface area contributed by atoms with E-state index >= 15 is 0 Å². The summed E-state index contributed by atoms with van der Waals surface area (Å²) in [5.41, 5.74) is 0.966. The van der Waals surface area contributed by atoms with E-state index in [-0.39, 0.29) is 24.8 Å². The second-order valence-electron chi connectivity index (χ2n) is 4.96. The van der Waals surface area contributed by atoms with Crippen molar-refractivity contribution in [2.75, 3.05) is 11.9 Å². The summed E-state index contributed by atoms with van der Waals surface area (Å²) in [6.07, 6.45) is 0.196. The Morgan fingerprint density at radius 3 is 2.71 bits per heavy atom. The Kier molecular flexibility index (Phi) is 4.92. The molecule has 112 valence electrons. The molecule has 0 bridgehead atoms. The molecule has 0 saturated carbocycles. The molecular formula is C15H18FN3O2. The number of rotatable bonds is 6. The van der Waals surface area contributed by atoms with Gasteiger partial charge in [-0.3, -0.25) is 9.89 Å². The number of halogens is 1. The van der Waals surface area contributed by atoms with Gasteiger partial charge in [0.25, 0.3) is 0 Å². The van der Waals surface area contributed by atoms with E-state index in [0.29, 0.717) is 17.5 Å². The standard InChI is InChI=1S/C15H18FN3O2/c1-10(2)13-9-14(19-18-13)17-15(20)7-8-21-12-5-3-11(16)4-6-12/h3-6,9-10H,7-8H2,1-2H3,(H2,17,18,19,20). The molecule has 0 aliphatic rings. The van der Waals surface area contributed by atoms with Crippen molar-refractivity contribution in [3.8, 4) is 5.75 Å². The van der Waals surface area contributed by atoms with Gasteiger partial charge in [-0.1, -0.05) is 13.8 Å². The molecule has 0 spiro atoms. The first-order valence-corrected chi connectivity index (χ1v) is 6.78. The average Bonchev–Trinajstić information content (AvgIpc) is 2.90. The number of benzene rings is 1. The summed E-state index contributed by atoms with van der Waals surface area (Å²) in [6, 6.07) is 7.48. The molecule has 1 heterocycles. The summed E-state index contributed by atoms with van der Waals surface area (Å²) in [4.78, 5) is 11.7. The molecule has 2 aromatic rings. The zero-order valence-electron chi connectivity index (χ0n) is 12.0. The highest BCUT2D eigenvalue weighted by Crippen LogP contribution is 2.15. The van der Waals surface area contributed by atoms with Gasteiger partial charge < -0.3 is 10.1 Å². The van der Waals surface area contributed by atoms with Gasteiger partial charge in [0.2, 0.25) is 5.91 Å². The lowest BCUT2D eigenvalue weighted by Gasteiger charge is -2.05. The molecule has 0 aliphatic heterocycles. The van der Waals surface area contributed by atoms with Crippen LogP contribution in [0.4, 0.5) is 10.2 Å². The van der Waals surface area contributed by atoms with E-state index in [0.717, 1.165) is 5.69 Å². The SMILES string of the molecule is CC(C)c1cc(NC(=O)CCOc2ccc(F)cc2)n[nH]1. The van der Waals surface area contributed by atoms with Crippen molar-refractivity contribution in [1.82, 2.24) is 10.2 Å². The number of nitrogens with zero attached hydrogens (tertiary/aromatic N) is 1. The van der Waals surface area contributed by atoms with Crippen molar-refractivity contribution in [3.63, 3.8) is 0 Å². The van der Waals surface area contributed by atoms with E-state index in [2.05, 4.69) is 15.5 Å². The molecule has 0 atom stereocenters. The topological polar surface area (TPSA) is 67.0 Å². The fourth-order valence-corrected chi connectivity index (χ4v) is 1.69. The number of nitrogens with one attached hydrogen (secondary N) is 2. The minimum absolute atomic E-state index is 0.182. The van der Waals surface area contributed by atoms with E-state index in [1.165, 1.54) is 24.3 Å². The second kappa shape index (κ2) is 6.88. The van der Waals surface area contributed by atoms with Crippen molar-refractivity contribution in [1.29, 1.82) is 0 Å². The molecule has 0 unspecified atom stereocenters. The third-order valence-corrected chi connectivity index (χ3v) is 2.90. The lowest BCUT2D eigenvalue weighted by Crippen LogP contribution is -2.15. The molecule has 0 fully saturated rings. The monoisotopic (exact) mass is 291 g/mol. The molecule has 0 saturated heterocycles. The van der Waals surface area contributed by atoms with Crippen LogP contribution >= 0.6 is 0 Å². The van der Waals surface area contributed by atoms with Gasteiger partial charge in [0.15, 0.2) is 5.82 Å². The number of amides is 1. The van der Waals surface area contributed by atoms with Crippen LogP contribution < -0.4 is 10.1 Å². The average molecular weight is 291 g/mol. The Hall–Kier alpha value is -2.37. The molecule has 2 N–H and O–H groups in total. The zero-order chi connectivity index (χ0) is 15.2. The van der Waals surface area contributed by atoms with Gasteiger partial charge in [-0.25, -0.2) is 4.39 Å². The van der Waals surface area contributed by atoms with Gasteiger partial charge in [0, 0.05) is 11.8 Å². The van der Waals surface area contributed by atoms with Gasteiger partial charge in [-0.05, 0) is 30.2 Å². The Labute approximate surface area is 122 Å². The highest BCUT2D eigenvalue weighted by atomic mass is 19.1. The fourth-order valence-electron chi connectivity index (χ4n) is 1.69. The van der Waals surface area contributed by atoms with E-state index in [4.69, 9.17) is 4.74 Å². The molecule has 2 rings (SSSR count). The number of ether oxygens (including phenoxy) is 1. The summed E-state index contributed by atoms with van der Waals surface area (Å²) in [5.74, 6) is 0.861. The Balaban J connectivity index is 1.75. The van der Waals surface area contributed by atoms with Crippen LogP contribution in [-0.4, -0.2) is 22.7 Å². The predicted molar refractivity (Wildman–Crippen MR) is 77.8 cm³/mol. The maximum atomic E-state index is 12.7. The lowest BCUT2D eigenvalue weighted by molar-refractivity contribution is -0.116. The molecule has 1 amide bonds. The van der Waals surface area contributed by atoms with Crippen LogP contribution in [0.3, 0.4) is 0 Å². The van der Waals surface area contributed by atoms with E-state index in [1.807, 2.05) is 19.9 Å². The van der Waals surface area contributed by atoms with Crippen LogP contribution in [0.15, 0.2) is 30.3 Å². The first kappa shape index (κ1) is 15.0. The number of hydrogen-bond acceptors (Lipinski definition) is 3. The number of anilines is 1. The number of aromatic nitrogens is 2. The minimum atomic E-state index is -0.320. The molecule has 0 radical (unpaired) electrons. The van der Waals surface area contributed by atoms with E-state index < -0.39 is 0 Å². The number of H-pyrrole nitrogens is 1. The van der Waals surface area contributed by atoms with Crippen molar-refractivity contribution in [2.45, 2.75) is 26.2 Å². The lowest BCUT2D eigenvalue weighted by atomic mass is 10.1. The highest BCUT2D eigenvalue weighted by molar-refractivity contribution is 5.89. The largest absolute Gasteiger partial charge is 0.493 e. The van der Waals surface area contributed by atoms with Crippen molar-refractivity contribution >= 4 is 11.7 Å². The predicted octanol–water partition coefficient (Wildman–Crippen LogP) is 3.08. The number of aromatic amines is 1. The summed E-state index contributed by atoms with van der Waals surface area (Å²) in [5, 5.41) is 9.57. The zero-order valence-corrected chi connectivity index (χ0v) is 12.0. The highest BCUT2D eigenvalue weighted by Gasteiger charge is 2.08. The van der Waals surface area contributed by atoms with Gasteiger partial charge >= 0.3 is 0 Å². The van der Waals surface area contributed by atoms with Crippen LogP contribution in [0.25, 0.3) is 0 Å². The van der Waals surface area contributed by atoms with Crippen LogP contribution in [-0.2, 0) is 4.79 Å². The van der Waals surface area contributed by atoms with E-state index in [9.17, 15) is 9.18 Å². The first-order valence-electron chi connectivity index (χ1n) is 6.78. The number of carbonyl (C=O) groups excluding carboxylic acids is 1. The van der Waals surface area contributed by atoms with Gasteiger partial charge in [-0.2, -0.15) is 5.10 Å². The van der Waals surface area contributed by atoms with Crippen molar-refractivity contribution in [3.05, 3.63) is 41.8 Å². The second-order valence-corrected chi connectivity index (χ2v) is 4.96.